The van der Waals surface area contributed by atoms with Crippen molar-refractivity contribution in [3.63, 3.8) is 0 Å². The minimum atomic E-state index is -3.73. The molecular weight excluding hydrogens is 447 g/mol. The molecule has 2 aromatic carbocycles. The minimum Gasteiger partial charge on any atom is -0.493 e. The van der Waals surface area contributed by atoms with Crippen LogP contribution in [0.4, 0.5) is 0 Å². The average Bonchev–Trinajstić information content (AvgIpc) is 3.17. The number of carbonyl (C=O) groups excluding carboxylic acids is 1. The number of hydrogen-bond acceptors (Lipinski definition) is 5. The number of benzene rings is 2. The Morgan fingerprint density at radius 2 is 1.83 bits per heavy atom. The van der Waals surface area contributed by atoms with Crippen molar-refractivity contribution >= 4 is 38.9 Å². The predicted molar refractivity (Wildman–Crippen MR) is 114 cm³/mol. The fourth-order valence-corrected chi connectivity index (χ4v) is 6.19. The summed E-state index contributed by atoms with van der Waals surface area (Å²) in [6.45, 7) is 0.0306. The molecule has 6 nitrogen and oxygen atoms in total. The molecule has 9 heteroatoms. The van der Waals surface area contributed by atoms with Crippen LogP contribution in [0.1, 0.15) is 12.8 Å². The van der Waals surface area contributed by atoms with Gasteiger partial charge >= 0.3 is 0 Å². The van der Waals surface area contributed by atoms with Gasteiger partial charge in [0.1, 0.15) is 12.3 Å². The van der Waals surface area contributed by atoms with Gasteiger partial charge in [0.05, 0.1) is 27.8 Å². The van der Waals surface area contributed by atoms with E-state index in [1.807, 2.05) is 6.07 Å². The van der Waals surface area contributed by atoms with Crippen LogP contribution in [-0.2, 0) is 14.6 Å². The lowest BCUT2D eigenvalue weighted by atomic mass is 9.96. The van der Waals surface area contributed by atoms with Crippen molar-refractivity contribution in [2.75, 3.05) is 13.2 Å². The molecule has 1 amide bonds. The van der Waals surface area contributed by atoms with Gasteiger partial charge in [0.15, 0.2) is 9.84 Å². The number of nitriles is 1. The predicted octanol–water partition coefficient (Wildman–Crippen LogP) is 3.88. The van der Waals surface area contributed by atoms with E-state index in [4.69, 9.17) is 33.2 Å². The topological polar surface area (TPSA) is 96.3 Å². The lowest BCUT2D eigenvalue weighted by molar-refractivity contribution is -0.126. The molecule has 2 aromatic rings. The molecule has 0 aromatic heterocycles. The molecule has 3 rings (SSSR count). The molecule has 1 saturated carbocycles. The van der Waals surface area contributed by atoms with Gasteiger partial charge in [-0.05, 0) is 49.2 Å². The number of halogens is 2. The van der Waals surface area contributed by atoms with E-state index in [9.17, 15) is 13.2 Å². The molecule has 0 radical (unpaired) electrons. The fraction of sp³-hybridized carbons (Fsp3) is 0.333. The van der Waals surface area contributed by atoms with Crippen molar-refractivity contribution in [2.45, 2.75) is 23.0 Å². The molecule has 0 bridgehead atoms. The van der Waals surface area contributed by atoms with Crippen LogP contribution in [0.15, 0.2) is 53.4 Å². The average molecular weight is 467 g/mol. The normalized spacial score (nSPS) is 21.0. The zero-order valence-electron chi connectivity index (χ0n) is 15.9. The van der Waals surface area contributed by atoms with Crippen LogP contribution in [-0.4, -0.2) is 32.7 Å². The maximum absolute atomic E-state index is 13.2. The van der Waals surface area contributed by atoms with Crippen molar-refractivity contribution < 1.29 is 17.9 Å². The van der Waals surface area contributed by atoms with Gasteiger partial charge in [-0.3, -0.25) is 4.79 Å². The Morgan fingerprint density at radius 3 is 2.50 bits per heavy atom. The summed E-state index contributed by atoms with van der Waals surface area (Å²) in [5, 5.41) is 11.2. The highest BCUT2D eigenvalue weighted by Gasteiger charge is 2.45. The van der Waals surface area contributed by atoms with Gasteiger partial charge in [-0.2, -0.15) is 5.26 Å². The molecule has 0 aliphatic heterocycles. The molecule has 0 saturated heterocycles. The summed E-state index contributed by atoms with van der Waals surface area (Å²) < 4.78 is 32.1. The van der Waals surface area contributed by atoms with E-state index < -0.39 is 21.0 Å². The lowest BCUT2D eigenvalue weighted by Crippen LogP contribution is -2.34. The van der Waals surface area contributed by atoms with Gasteiger partial charge in [-0.25, -0.2) is 8.42 Å². The van der Waals surface area contributed by atoms with E-state index in [2.05, 4.69) is 5.32 Å². The van der Waals surface area contributed by atoms with Crippen molar-refractivity contribution in [2.24, 2.45) is 11.8 Å². The van der Waals surface area contributed by atoms with Gasteiger partial charge in [0.2, 0.25) is 5.91 Å². The number of nitrogens with zero attached hydrogens (tertiary/aromatic N) is 1. The summed E-state index contributed by atoms with van der Waals surface area (Å²) in [6.07, 6.45) is 0.394. The number of carbonyl (C=O) groups is 1. The van der Waals surface area contributed by atoms with Crippen molar-refractivity contribution in [1.29, 1.82) is 5.26 Å². The second-order valence-electron chi connectivity index (χ2n) is 7.08. The third kappa shape index (κ3) is 5.07. The Kier molecular flexibility index (Phi) is 7.24. The van der Waals surface area contributed by atoms with Gasteiger partial charge in [0, 0.05) is 16.9 Å². The Labute approximate surface area is 185 Å². The molecular formula is C21H20Cl2N2O4S. The number of nitrogens with one attached hydrogen (secondary N) is 1. The van der Waals surface area contributed by atoms with Crippen LogP contribution in [0.5, 0.6) is 5.75 Å². The summed E-state index contributed by atoms with van der Waals surface area (Å²) in [4.78, 5) is 12.7. The van der Waals surface area contributed by atoms with E-state index in [0.717, 1.165) is 0 Å². The smallest absolute Gasteiger partial charge is 0.224 e. The molecule has 0 unspecified atom stereocenters. The molecule has 1 aliphatic rings. The van der Waals surface area contributed by atoms with Gasteiger partial charge in [-0.1, -0.05) is 35.3 Å². The monoisotopic (exact) mass is 466 g/mol. The fourth-order valence-electron chi connectivity index (χ4n) is 3.68. The number of amides is 1. The molecule has 0 spiro atoms. The van der Waals surface area contributed by atoms with Crippen molar-refractivity contribution in [3.8, 4) is 11.8 Å². The van der Waals surface area contributed by atoms with E-state index in [1.54, 1.807) is 36.4 Å². The Morgan fingerprint density at radius 1 is 1.13 bits per heavy atom. The van der Waals surface area contributed by atoms with Crippen LogP contribution in [0.25, 0.3) is 0 Å². The summed E-state index contributed by atoms with van der Waals surface area (Å²) in [7, 11) is -3.73. The second-order valence-corrected chi connectivity index (χ2v) is 10.1. The summed E-state index contributed by atoms with van der Waals surface area (Å²) in [5.74, 6) is -0.694. The summed E-state index contributed by atoms with van der Waals surface area (Å²) in [5.41, 5.74) is 0. The number of sulfone groups is 1. The van der Waals surface area contributed by atoms with Crippen LogP contribution in [0, 0.1) is 23.2 Å². The third-order valence-electron chi connectivity index (χ3n) is 5.19. The zero-order valence-corrected chi connectivity index (χ0v) is 18.3. The molecule has 158 valence electrons. The lowest BCUT2D eigenvalue weighted by Gasteiger charge is -2.18. The molecule has 1 fully saturated rings. The summed E-state index contributed by atoms with van der Waals surface area (Å²) in [6, 6.07) is 14.9. The maximum atomic E-state index is 13.2. The first-order valence-corrected chi connectivity index (χ1v) is 11.6. The van der Waals surface area contributed by atoms with Crippen molar-refractivity contribution in [1.82, 2.24) is 5.32 Å². The standard InChI is InChI=1S/C21H20Cl2N2O4S/c22-15-5-7-16(8-6-15)29-13-14-11-17(12-18(14)21(26)25-10-9-24)30(27,28)20-4-2-1-3-19(20)23/h1-8,14,17-18H,10-13H2,(H,25,26)/t14-,17+,18+/m0/s1. The minimum absolute atomic E-state index is 0.0621. The van der Waals surface area contributed by atoms with E-state index in [1.165, 1.54) is 12.1 Å². The van der Waals surface area contributed by atoms with Crippen LogP contribution < -0.4 is 10.1 Å². The molecule has 0 heterocycles. The highest BCUT2D eigenvalue weighted by atomic mass is 35.5. The van der Waals surface area contributed by atoms with E-state index >= 15 is 0 Å². The first-order chi connectivity index (χ1) is 14.3. The first kappa shape index (κ1) is 22.4. The molecule has 1 aliphatic carbocycles. The Hall–Kier alpha value is -2.27. The van der Waals surface area contributed by atoms with Gasteiger partial charge in [-0.15, -0.1) is 0 Å². The highest BCUT2D eigenvalue weighted by Crippen LogP contribution is 2.40. The number of rotatable bonds is 7. The second kappa shape index (κ2) is 9.69. The first-order valence-electron chi connectivity index (χ1n) is 9.34. The maximum Gasteiger partial charge on any atom is 0.224 e. The molecule has 30 heavy (non-hydrogen) atoms. The Balaban J connectivity index is 1.80. The Bertz CT molecular complexity index is 1050. The number of ether oxygens (including phenoxy) is 1. The van der Waals surface area contributed by atoms with Crippen LogP contribution in [0.2, 0.25) is 10.0 Å². The zero-order chi connectivity index (χ0) is 21.7. The van der Waals surface area contributed by atoms with Gasteiger partial charge in [0.25, 0.3) is 0 Å². The molecule has 3 atom stereocenters. The number of hydrogen-bond donors (Lipinski definition) is 1. The SMILES string of the molecule is N#CCNC(=O)[C@@H]1C[C@H](S(=O)(=O)c2ccccc2Cl)C[C@H]1COc1ccc(Cl)cc1. The van der Waals surface area contributed by atoms with Gasteiger partial charge < -0.3 is 10.1 Å². The highest BCUT2D eigenvalue weighted by molar-refractivity contribution is 7.92. The van der Waals surface area contributed by atoms with Crippen LogP contribution >= 0.6 is 23.2 Å². The molecule has 1 N–H and O–H groups in total. The van der Waals surface area contributed by atoms with Crippen molar-refractivity contribution in [3.05, 3.63) is 58.6 Å². The van der Waals surface area contributed by atoms with E-state index in [0.29, 0.717) is 10.8 Å². The quantitative estimate of drug-likeness (QED) is 0.624. The largest absolute Gasteiger partial charge is 0.493 e. The van der Waals surface area contributed by atoms with E-state index in [-0.39, 0.29) is 47.7 Å². The van der Waals surface area contributed by atoms with Crippen LogP contribution in [0.3, 0.4) is 0 Å². The summed E-state index contributed by atoms with van der Waals surface area (Å²) >= 11 is 12.0. The third-order valence-corrected chi connectivity index (χ3v) is 8.11.